The highest BCUT2D eigenvalue weighted by molar-refractivity contribution is 6.30. The van der Waals surface area contributed by atoms with Crippen LogP contribution in [0.15, 0.2) is 60.8 Å². The van der Waals surface area contributed by atoms with Crippen LogP contribution in [0.5, 0.6) is 0 Å². The van der Waals surface area contributed by atoms with Gasteiger partial charge in [0.2, 0.25) is 17.7 Å². The van der Waals surface area contributed by atoms with E-state index in [-0.39, 0.29) is 24.7 Å². The van der Waals surface area contributed by atoms with Crippen molar-refractivity contribution < 1.29 is 14.4 Å². The Balaban J connectivity index is 1.77. The lowest BCUT2D eigenvalue weighted by molar-refractivity contribution is -0.127. The van der Waals surface area contributed by atoms with Gasteiger partial charge in [-0.1, -0.05) is 48.9 Å². The quantitative estimate of drug-likeness (QED) is 0.461. The van der Waals surface area contributed by atoms with Gasteiger partial charge in [-0.05, 0) is 36.2 Å². The molecule has 0 saturated carbocycles. The molecule has 0 aliphatic rings. The van der Waals surface area contributed by atoms with E-state index in [2.05, 4.69) is 15.6 Å². The predicted octanol–water partition coefficient (Wildman–Crippen LogP) is 3.46. The Morgan fingerprint density at radius 2 is 1.78 bits per heavy atom. The number of aromatic nitrogens is 1. The number of nitrogens with zero attached hydrogens (tertiary/aromatic N) is 1. The molecule has 3 rings (SSSR count). The first-order chi connectivity index (χ1) is 15.3. The molecule has 1 heterocycles. The van der Waals surface area contributed by atoms with Crippen LogP contribution in [0.2, 0.25) is 5.02 Å². The lowest BCUT2D eigenvalue weighted by Gasteiger charge is -2.19. The third kappa shape index (κ3) is 6.28. The fourth-order valence-electron chi connectivity index (χ4n) is 3.25. The second-order valence-corrected chi connectivity index (χ2v) is 8.10. The van der Waals surface area contributed by atoms with Gasteiger partial charge in [-0.25, -0.2) is 0 Å². The maximum Gasteiger partial charge on any atom is 0.247 e. The number of pyridine rings is 1. The third-order valence-corrected chi connectivity index (χ3v) is 5.44. The topological polar surface area (TPSA) is 114 Å². The summed E-state index contributed by atoms with van der Waals surface area (Å²) in [6, 6.07) is 15.5. The molecule has 0 fully saturated rings. The Hall–Kier alpha value is -3.45. The average molecular weight is 453 g/mol. The van der Waals surface area contributed by atoms with Gasteiger partial charge in [0, 0.05) is 35.4 Å². The molecule has 7 nitrogen and oxygen atoms in total. The van der Waals surface area contributed by atoms with Crippen molar-refractivity contribution in [3.05, 3.63) is 71.4 Å². The number of amides is 3. The summed E-state index contributed by atoms with van der Waals surface area (Å²) in [5.41, 5.74) is 7.33. The molecule has 0 aliphatic carbocycles. The second-order valence-electron chi connectivity index (χ2n) is 7.66. The molecular formula is C24H25ClN4O3. The van der Waals surface area contributed by atoms with Crippen LogP contribution >= 0.6 is 11.6 Å². The van der Waals surface area contributed by atoms with Gasteiger partial charge in [0.15, 0.2) is 0 Å². The summed E-state index contributed by atoms with van der Waals surface area (Å²) in [4.78, 5) is 41.3. The average Bonchev–Trinajstić information content (AvgIpc) is 2.78. The fourth-order valence-corrected chi connectivity index (χ4v) is 3.37. The molecule has 8 heteroatoms. The number of hydrogen-bond acceptors (Lipinski definition) is 4. The first-order valence-electron chi connectivity index (χ1n) is 10.3. The highest BCUT2D eigenvalue weighted by Gasteiger charge is 2.23. The number of primary amides is 1. The Morgan fingerprint density at radius 1 is 1.06 bits per heavy atom. The molecule has 0 bridgehead atoms. The Morgan fingerprint density at radius 3 is 2.50 bits per heavy atom. The minimum atomic E-state index is -0.827. The van der Waals surface area contributed by atoms with Crippen molar-refractivity contribution in [2.75, 3.05) is 5.32 Å². The van der Waals surface area contributed by atoms with Crippen molar-refractivity contribution in [2.24, 2.45) is 11.7 Å². The molecule has 0 aliphatic heterocycles. The number of halogens is 1. The molecule has 3 aromatic rings. The molecule has 4 N–H and O–H groups in total. The van der Waals surface area contributed by atoms with E-state index in [0.717, 1.165) is 10.9 Å². The maximum atomic E-state index is 13.2. The van der Waals surface area contributed by atoms with Crippen molar-refractivity contribution in [1.82, 2.24) is 10.3 Å². The predicted molar refractivity (Wildman–Crippen MR) is 125 cm³/mol. The number of nitrogens with one attached hydrogen (secondary N) is 2. The molecule has 2 aromatic carbocycles. The minimum Gasteiger partial charge on any atom is -0.369 e. The van der Waals surface area contributed by atoms with Crippen LogP contribution in [0.25, 0.3) is 10.9 Å². The van der Waals surface area contributed by atoms with Crippen LogP contribution in [0, 0.1) is 5.92 Å². The summed E-state index contributed by atoms with van der Waals surface area (Å²) in [7, 11) is 0. The monoisotopic (exact) mass is 452 g/mol. The highest BCUT2D eigenvalue weighted by Crippen LogP contribution is 2.21. The number of anilines is 1. The molecule has 0 spiro atoms. The van der Waals surface area contributed by atoms with Crippen LogP contribution in [0.4, 0.5) is 5.69 Å². The zero-order valence-electron chi connectivity index (χ0n) is 17.7. The molecule has 2 atom stereocenters. The van der Waals surface area contributed by atoms with Gasteiger partial charge in [-0.2, -0.15) is 0 Å². The third-order valence-electron chi connectivity index (χ3n) is 5.19. The van der Waals surface area contributed by atoms with E-state index < -0.39 is 17.9 Å². The largest absolute Gasteiger partial charge is 0.369 e. The number of rotatable bonds is 9. The lowest BCUT2D eigenvalue weighted by atomic mass is 10.0. The maximum absolute atomic E-state index is 13.2. The van der Waals surface area contributed by atoms with Crippen molar-refractivity contribution in [3.8, 4) is 0 Å². The van der Waals surface area contributed by atoms with Crippen LogP contribution < -0.4 is 16.4 Å². The van der Waals surface area contributed by atoms with Crippen molar-refractivity contribution >= 4 is 45.9 Å². The van der Waals surface area contributed by atoms with E-state index in [1.807, 2.05) is 36.4 Å². The molecule has 32 heavy (non-hydrogen) atoms. The molecule has 0 radical (unpaired) electrons. The molecular weight excluding hydrogens is 428 g/mol. The fraction of sp³-hybridized carbons (Fsp3) is 0.250. The van der Waals surface area contributed by atoms with Gasteiger partial charge in [-0.3, -0.25) is 19.4 Å². The summed E-state index contributed by atoms with van der Waals surface area (Å²) < 4.78 is 0. The lowest BCUT2D eigenvalue weighted by Crippen LogP contribution is -2.45. The SMILES string of the molecule is CC(CCC(=O)N[C@@H](Cc1ccc(Cl)cc1)C(=O)Nc1cccc2cccnc12)C(N)=O. The van der Waals surface area contributed by atoms with Crippen molar-refractivity contribution in [2.45, 2.75) is 32.2 Å². The van der Waals surface area contributed by atoms with Crippen molar-refractivity contribution in [3.63, 3.8) is 0 Å². The number of hydrogen-bond donors (Lipinski definition) is 3. The Labute approximate surface area is 191 Å². The summed E-state index contributed by atoms with van der Waals surface area (Å²) in [5, 5.41) is 7.15. The van der Waals surface area contributed by atoms with Gasteiger partial charge in [0.05, 0.1) is 11.2 Å². The van der Waals surface area contributed by atoms with Crippen LogP contribution in [-0.2, 0) is 20.8 Å². The number of para-hydroxylation sites is 1. The number of carbonyl (C=O) groups excluding carboxylic acids is 3. The number of fused-ring (bicyclic) bond motifs is 1. The first kappa shape index (κ1) is 23.2. The summed E-state index contributed by atoms with van der Waals surface area (Å²) >= 11 is 5.96. The number of carbonyl (C=O) groups is 3. The molecule has 1 unspecified atom stereocenters. The number of benzene rings is 2. The van der Waals surface area contributed by atoms with E-state index in [9.17, 15) is 14.4 Å². The second kappa shape index (κ2) is 10.7. The molecule has 3 amide bonds. The molecule has 166 valence electrons. The number of nitrogens with two attached hydrogens (primary N) is 1. The van der Waals surface area contributed by atoms with Gasteiger partial charge < -0.3 is 16.4 Å². The van der Waals surface area contributed by atoms with Gasteiger partial charge in [0.1, 0.15) is 6.04 Å². The Bertz CT molecular complexity index is 1110. The van der Waals surface area contributed by atoms with Crippen LogP contribution in [0.1, 0.15) is 25.3 Å². The van der Waals surface area contributed by atoms with Gasteiger partial charge in [0.25, 0.3) is 0 Å². The van der Waals surface area contributed by atoms with E-state index >= 15 is 0 Å². The van der Waals surface area contributed by atoms with E-state index in [4.69, 9.17) is 17.3 Å². The summed E-state index contributed by atoms with van der Waals surface area (Å²) in [6.45, 7) is 1.67. The highest BCUT2D eigenvalue weighted by atomic mass is 35.5. The smallest absolute Gasteiger partial charge is 0.247 e. The molecule has 0 saturated heterocycles. The summed E-state index contributed by atoms with van der Waals surface area (Å²) in [5.74, 6) is -1.58. The zero-order valence-corrected chi connectivity index (χ0v) is 18.4. The van der Waals surface area contributed by atoms with E-state index in [0.29, 0.717) is 22.6 Å². The normalized spacial score (nSPS) is 12.7. The van der Waals surface area contributed by atoms with Crippen LogP contribution in [0.3, 0.4) is 0 Å². The van der Waals surface area contributed by atoms with E-state index in [1.54, 1.807) is 31.3 Å². The van der Waals surface area contributed by atoms with Gasteiger partial charge >= 0.3 is 0 Å². The summed E-state index contributed by atoms with van der Waals surface area (Å²) in [6.07, 6.45) is 2.33. The van der Waals surface area contributed by atoms with Gasteiger partial charge in [-0.15, -0.1) is 0 Å². The van der Waals surface area contributed by atoms with Crippen LogP contribution in [-0.4, -0.2) is 28.7 Å². The zero-order chi connectivity index (χ0) is 23.1. The minimum absolute atomic E-state index is 0.0876. The standard InChI is InChI=1S/C24H25ClN4O3/c1-15(23(26)31)7-12-21(30)28-20(14-16-8-10-18(25)11-9-16)24(32)29-19-6-2-4-17-5-3-13-27-22(17)19/h2-6,8-11,13,15,20H,7,12,14H2,1H3,(H2,26,31)(H,28,30)(H,29,32)/t15?,20-/m0/s1. The molecule has 1 aromatic heterocycles. The Kier molecular flexibility index (Phi) is 7.78. The van der Waals surface area contributed by atoms with Crippen molar-refractivity contribution in [1.29, 1.82) is 0 Å². The van der Waals surface area contributed by atoms with E-state index in [1.165, 1.54) is 0 Å². The first-order valence-corrected chi connectivity index (χ1v) is 10.7.